The third-order valence-corrected chi connectivity index (χ3v) is 2.63. The van der Waals surface area contributed by atoms with Crippen LogP contribution in [0.5, 0.6) is 0 Å². The molecule has 0 aliphatic carbocycles. The van der Waals surface area contributed by atoms with Gasteiger partial charge in [0.05, 0.1) is 12.6 Å². The van der Waals surface area contributed by atoms with Gasteiger partial charge in [-0.05, 0) is 18.9 Å². The molecule has 1 N–H and O–H groups in total. The smallest absolute Gasteiger partial charge is 0.0657 e. The number of ether oxygens (including phenoxy) is 1. The molecule has 0 aliphatic heterocycles. The lowest BCUT2D eigenvalue weighted by Crippen LogP contribution is -2.32. The fraction of sp³-hybridized carbons (Fsp3) is 0.538. The summed E-state index contributed by atoms with van der Waals surface area (Å²) in [5.41, 5.74) is 1.29. The Bertz CT molecular complexity index is 260. The van der Waals surface area contributed by atoms with Gasteiger partial charge in [0.15, 0.2) is 0 Å². The Morgan fingerprint density at radius 1 is 1.27 bits per heavy atom. The Balaban J connectivity index is 2.65. The summed E-state index contributed by atoms with van der Waals surface area (Å²) in [6.45, 7) is 5.10. The first-order valence-corrected chi connectivity index (χ1v) is 5.57. The van der Waals surface area contributed by atoms with Crippen molar-refractivity contribution in [2.24, 2.45) is 0 Å². The molecule has 0 heterocycles. The van der Waals surface area contributed by atoms with E-state index in [9.17, 15) is 0 Å². The fourth-order valence-corrected chi connectivity index (χ4v) is 1.55. The predicted octanol–water partition coefficient (Wildman–Crippen LogP) is 2.76. The van der Waals surface area contributed by atoms with Crippen LogP contribution < -0.4 is 5.32 Å². The average Bonchev–Trinajstić information content (AvgIpc) is 2.29. The molecule has 0 unspecified atom stereocenters. The van der Waals surface area contributed by atoms with Gasteiger partial charge in [0.1, 0.15) is 0 Å². The summed E-state index contributed by atoms with van der Waals surface area (Å²) in [5, 5.41) is 3.56. The summed E-state index contributed by atoms with van der Waals surface area (Å²) in [6.07, 6.45) is 1.13. The number of hydrogen-bond donors (Lipinski definition) is 1. The highest BCUT2D eigenvalue weighted by Crippen LogP contribution is 2.13. The van der Waals surface area contributed by atoms with E-state index in [2.05, 4.69) is 43.4 Å². The first kappa shape index (κ1) is 12.2. The van der Waals surface area contributed by atoms with Crippen LogP contribution >= 0.6 is 0 Å². The highest BCUT2D eigenvalue weighted by atomic mass is 16.5. The molecule has 0 bridgehead atoms. The van der Waals surface area contributed by atoms with E-state index in [4.69, 9.17) is 4.74 Å². The molecule has 1 aromatic rings. The van der Waals surface area contributed by atoms with E-state index in [0.29, 0.717) is 18.7 Å². The molecule has 2 nitrogen and oxygen atoms in total. The Labute approximate surface area is 92.6 Å². The molecule has 0 radical (unpaired) electrons. The van der Waals surface area contributed by atoms with E-state index in [1.807, 2.05) is 6.07 Å². The van der Waals surface area contributed by atoms with Crippen LogP contribution in [0, 0.1) is 0 Å². The zero-order chi connectivity index (χ0) is 11.1. The van der Waals surface area contributed by atoms with Crippen LogP contribution in [0.4, 0.5) is 0 Å². The summed E-state index contributed by atoms with van der Waals surface area (Å²) < 4.78 is 5.24. The van der Waals surface area contributed by atoms with Crippen molar-refractivity contribution in [2.45, 2.75) is 32.4 Å². The maximum atomic E-state index is 5.24. The molecule has 1 rings (SSSR count). The average molecular weight is 207 g/mol. The Morgan fingerprint density at radius 3 is 2.47 bits per heavy atom. The van der Waals surface area contributed by atoms with Crippen molar-refractivity contribution >= 4 is 0 Å². The highest BCUT2D eigenvalue weighted by Gasteiger charge is 2.12. The van der Waals surface area contributed by atoms with Gasteiger partial charge < -0.3 is 10.1 Å². The standard InChI is InChI=1S/C13H21NO/c1-4-11(2)14-13(10-15-3)12-8-6-5-7-9-12/h5-9,11,13-14H,4,10H2,1-3H3/t11-,13-/m0/s1. The Morgan fingerprint density at radius 2 is 1.93 bits per heavy atom. The maximum Gasteiger partial charge on any atom is 0.0657 e. The number of benzene rings is 1. The largest absolute Gasteiger partial charge is 0.383 e. The molecule has 0 saturated heterocycles. The first-order valence-electron chi connectivity index (χ1n) is 5.57. The van der Waals surface area contributed by atoms with Gasteiger partial charge in [-0.15, -0.1) is 0 Å². The second kappa shape index (κ2) is 6.59. The van der Waals surface area contributed by atoms with E-state index >= 15 is 0 Å². The van der Waals surface area contributed by atoms with Gasteiger partial charge in [0, 0.05) is 13.2 Å². The molecule has 84 valence electrons. The van der Waals surface area contributed by atoms with E-state index in [1.54, 1.807) is 7.11 Å². The number of methoxy groups -OCH3 is 1. The topological polar surface area (TPSA) is 21.3 Å². The Kier molecular flexibility index (Phi) is 5.37. The van der Waals surface area contributed by atoms with Gasteiger partial charge in [-0.25, -0.2) is 0 Å². The van der Waals surface area contributed by atoms with Crippen molar-refractivity contribution in [3.05, 3.63) is 35.9 Å². The molecule has 2 heteroatoms. The molecule has 0 amide bonds. The molecule has 15 heavy (non-hydrogen) atoms. The zero-order valence-electron chi connectivity index (χ0n) is 9.86. The van der Waals surface area contributed by atoms with Crippen LogP contribution in [0.2, 0.25) is 0 Å². The molecular weight excluding hydrogens is 186 g/mol. The van der Waals surface area contributed by atoms with E-state index < -0.39 is 0 Å². The Hall–Kier alpha value is -0.860. The fourth-order valence-electron chi connectivity index (χ4n) is 1.55. The van der Waals surface area contributed by atoms with E-state index in [1.165, 1.54) is 5.56 Å². The van der Waals surface area contributed by atoms with E-state index in [-0.39, 0.29) is 0 Å². The summed E-state index contributed by atoms with van der Waals surface area (Å²) in [5.74, 6) is 0. The maximum absolute atomic E-state index is 5.24. The number of nitrogens with one attached hydrogen (secondary N) is 1. The molecular formula is C13H21NO. The van der Waals surface area contributed by atoms with Gasteiger partial charge in [-0.1, -0.05) is 37.3 Å². The first-order chi connectivity index (χ1) is 7.27. The van der Waals surface area contributed by atoms with Crippen LogP contribution in [0.15, 0.2) is 30.3 Å². The van der Waals surface area contributed by atoms with Crippen molar-refractivity contribution in [2.75, 3.05) is 13.7 Å². The summed E-state index contributed by atoms with van der Waals surface area (Å²) in [7, 11) is 1.74. The van der Waals surface area contributed by atoms with Crippen molar-refractivity contribution in [1.29, 1.82) is 0 Å². The van der Waals surface area contributed by atoms with Crippen LogP contribution in [0.3, 0.4) is 0 Å². The third kappa shape index (κ3) is 4.02. The lowest BCUT2D eigenvalue weighted by molar-refractivity contribution is 0.161. The summed E-state index contributed by atoms with van der Waals surface area (Å²) >= 11 is 0. The molecule has 0 saturated carbocycles. The molecule has 2 atom stereocenters. The number of hydrogen-bond acceptors (Lipinski definition) is 2. The van der Waals surface area contributed by atoms with Gasteiger partial charge in [-0.3, -0.25) is 0 Å². The highest BCUT2D eigenvalue weighted by molar-refractivity contribution is 5.19. The zero-order valence-corrected chi connectivity index (χ0v) is 9.86. The summed E-state index contributed by atoms with van der Waals surface area (Å²) in [4.78, 5) is 0. The van der Waals surface area contributed by atoms with Crippen molar-refractivity contribution in [1.82, 2.24) is 5.32 Å². The quantitative estimate of drug-likeness (QED) is 0.774. The van der Waals surface area contributed by atoms with Crippen LogP contribution in [0.25, 0.3) is 0 Å². The summed E-state index contributed by atoms with van der Waals surface area (Å²) in [6, 6.07) is 11.3. The third-order valence-electron chi connectivity index (χ3n) is 2.63. The van der Waals surface area contributed by atoms with Crippen LogP contribution in [0.1, 0.15) is 31.9 Å². The molecule has 0 fully saturated rings. The second-order valence-electron chi connectivity index (χ2n) is 3.89. The molecule has 0 spiro atoms. The number of rotatable bonds is 6. The van der Waals surface area contributed by atoms with Crippen molar-refractivity contribution < 1.29 is 4.74 Å². The lowest BCUT2D eigenvalue weighted by atomic mass is 10.1. The molecule has 1 aromatic carbocycles. The van der Waals surface area contributed by atoms with Crippen LogP contribution in [-0.2, 0) is 4.74 Å². The van der Waals surface area contributed by atoms with E-state index in [0.717, 1.165) is 6.42 Å². The normalized spacial score (nSPS) is 14.9. The molecule has 0 aromatic heterocycles. The lowest BCUT2D eigenvalue weighted by Gasteiger charge is -2.22. The van der Waals surface area contributed by atoms with Crippen LogP contribution in [-0.4, -0.2) is 19.8 Å². The molecule has 0 aliphatic rings. The van der Waals surface area contributed by atoms with Crippen molar-refractivity contribution in [3.63, 3.8) is 0 Å². The minimum atomic E-state index is 0.297. The van der Waals surface area contributed by atoms with Gasteiger partial charge in [0.25, 0.3) is 0 Å². The van der Waals surface area contributed by atoms with Gasteiger partial charge >= 0.3 is 0 Å². The minimum absolute atomic E-state index is 0.297. The van der Waals surface area contributed by atoms with Gasteiger partial charge in [0.2, 0.25) is 0 Å². The predicted molar refractivity (Wildman–Crippen MR) is 63.9 cm³/mol. The SMILES string of the molecule is CC[C@H](C)N[C@@H](COC)c1ccccc1. The monoisotopic (exact) mass is 207 g/mol. The second-order valence-corrected chi connectivity index (χ2v) is 3.89. The van der Waals surface area contributed by atoms with Gasteiger partial charge in [-0.2, -0.15) is 0 Å². The minimum Gasteiger partial charge on any atom is -0.383 e. The van der Waals surface area contributed by atoms with Crippen molar-refractivity contribution in [3.8, 4) is 0 Å².